The van der Waals surface area contributed by atoms with Gasteiger partial charge in [-0.25, -0.2) is 9.69 Å². The van der Waals surface area contributed by atoms with Crippen LogP contribution >= 0.6 is 11.8 Å². The van der Waals surface area contributed by atoms with Gasteiger partial charge in [0, 0.05) is 17.1 Å². The van der Waals surface area contributed by atoms with Gasteiger partial charge in [0.15, 0.2) is 0 Å². The summed E-state index contributed by atoms with van der Waals surface area (Å²) in [4.78, 5) is 42.8. The molecule has 0 fully saturated rings. The number of carbonyl (C=O) groups excluding carboxylic acids is 2. The van der Waals surface area contributed by atoms with E-state index in [1.165, 1.54) is 18.9 Å². The van der Waals surface area contributed by atoms with Crippen LogP contribution in [0.15, 0.2) is 58.5 Å². The van der Waals surface area contributed by atoms with E-state index in [0.29, 0.717) is 46.1 Å². The van der Waals surface area contributed by atoms with Gasteiger partial charge < -0.3 is 4.74 Å². The first kappa shape index (κ1) is 21.8. The monoisotopic (exact) mass is 451 g/mol. The third kappa shape index (κ3) is 3.69. The lowest BCUT2D eigenvalue weighted by Gasteiger charge is -2.32. The van der Waals surface area contributed by atoms with Gasteiger partial charge in [0.2, 0.25) is 11.1 Å². The van der Waals surface area contributed by atoms with Crippen molar-refractivity contribution in [3.63, 3.8) is 0 Å². The summed E-state index contributed by atoms with van der Waals surface area (Å²) >= 11 is 1.31. The second-order valence-electron chi connectivity index (χ2n) is 7.27. The smallest absolute Gasteiger partial charge is 0.337 e. The fourth-order valence-corrected chi connectivity index (χ4v) is 4.24. The van der Waals surface area contributed by atoms with Crippen molar-refractivity contribution in [1.29, 1.82) is 0 Å². The number of esters is 1. The fraction of sp³-hybridized carbons (Fsp3) is 0.261. The Balaban J connectivity index is 1.99. The average Bonchev–Trinajstić information content (AvgIpc) is 2.82. The summed E-state index contributed by atoms with van der Waals surface area (Å²) in [5.74, 6) is -0.523. The van der Waals surface area contributed by atoms with Crippen molar-refractivity contribution in [1.82, 2.24) is 10.1 Å². The SMILES string of the molecule is CCCC(=O)N1c2ccccc2-c2c(=O)[nH]c(SC)n[n+]2C1c1ccc(C(=O)OC)cc1. The van der Waals surface area contributed by atoms with Crippen LogP contribution in [-0.2, 0) is 9.53 Å². The van der Waals surface area contributed by atoms with E-state index >= 15 is 0 Å². The highest BCUT2D eigenvalue weighted by atomic mass is 32.2. The van der Waals surface area contributed by atoms with Gasteiger partial charge in [-0.2, -0.15) is 0 Å². The number of aromatic amines is 1. The molecule has 1 unspecified atom stereocenters. The first-order chi connectivity index (χ1) is 15.5. The molecule has 0 saturated carbocycles. The summed E-state index contributed by atoms with van der Waals surface area (Å²) < 4.78 is 6.40. The average molecular weight is 452 g/mol. The number of H-pyrrole nitrogens is 1. The standard InChI is InChI=1S/C23H22N4O4S/c1-4-7-18(28)26-17-9-6-5-8-16(17)19-20(29)24-23(32-3)25-27(19)21(26)14-10-12-15(13-11-14)22(30)31-2/h5-6,8-13,21H,4,7H2,1-3H3/p+1. The molecular weight excluding hydrogens is 428 g/mol. The summed E-state index contributed by atoms with van der Waals surface area (Å²) in [5, 5.41) is 5.10. The molecule has 164 valence electrons. The van der Waals surface area contributed by atoms with Crippen molar-refractivity contribution in [2.24, 2.45) is 0 Å². The van der Waals surface area contributed by atoms with Crippen LogP contribution in [0.5, 0.6) is 0 Å². The van der Waals surface area contributed by atoms with Crippen molar-refractivity contribution in [2.75, 3.05) is 18.3 Å². The molecule has 8 nitrogen and oxygen atoms in total. The molecule has 3 aromatic rings. The molecule has 9 heteroatoms. The highest BCUT2D eigenvalue weighted by molar-refractivity contribution is 7.98. The van der Waals surface area contributed by atoms with Gasteiger partial charge in [-0.1, -0.05) is 30.8 Å². The lowest BCUT2D eigenvalue weighted by molar-refractivity contribution is -0.763. The highest BCUT2D eigenvalue weighted by Crippen LogP contribution is 2.37. The number of hydrogen-bond acceptors (Lipinski definition) is 6. The molecule has 0 aliphatic carbocycles. The minimum absolute atomic E-state index is 0.0760. The number of rotatable bonds is 5. The Morgan fingerprint density at radius 3 is 2.56 bits per heavy atom. The van der Waals surface area contributed by atoms with E-state index in [4.69, 9.17) is 4.74 Å². The first-order valence-electron chi connectivity index (χ1n) is 10.2. The zero-order chi connectivity index (χ0) is 22.8. The lowest BCUT2D eigenvalue weighted by Crippen LogP contribution is -2.60. The molecule has 0 saturated heterocycles. The lowest BCUT2D eigenvalue weighted by atomic mass is 10.00. The van der Waals surface area contributed by atoms with Gasteiger partial charge in [-0.3, -0.25) is 14.6 Å². The van der Waals surface area contributed by atoms with E-state index in [-0.39, 0.29) is 11.5 Å². The van der Waals surface area contributed by atoms with Crippen molar-refractivity contribution >= 4 is 29.3 Å². The number of fused-ring (bicyclic) bond motifs is 3. The number of benzene rings is 2. The zero-order valence-corrected chi connectivity index (χ0v) is 18.8. The molecule has 2 heterocycles. The molecule has 0 radical (unpaired) electrons. The van der Waals surface area contributed by atoms with E-state index in [2.05, 4.69) is 10.1 Å². The van der Waals surface area contributed by atoms with Crippen molar-refractivity contribution in [2.45, 2.75) is 31.1 Å². The maximum Gasteiger partial charge on any atom is 0.337 e. The molecule has 32 heavy (non-hydrogen) atoms. The van der Waals surface area contributed by atoms with Gasteiger partial charge in [0.25, 0.3) is 6.17 Å². The molecular formula is C23H23N4O4S+. The quantitative estimate of drug-likeness (QED) is 0.364. The molecule has 0 spiro atoms. The minimum atomic E-state index is -0.682. The Morgan fingerprint density at radius 2 is 1.91 bits per heavy atom. The van der Waals surface area contributed by atoms with Gasteiger partial charge in [0.05, 0.1) is 23.9 Å². The van der Waals surface area contributed by atoms with E-state index < -0.39 is 12.1 Å². The van der Waals surface area contributed by atoms with E-state index in [1.807, 2.05) is 37.4 Å². The van der Waals surface area contributed by atoms with Crippen LogP contribution in [0.3, 0.4) is 0 Å². The minimum Gasteiger partial charge on any atom is -0.465 e. The number of para-hydroxylation sites is 1. The Bertz CT molecular complexity index is 1240. The summed E-state index contributed by atoms with van der Waals surface area (Å²) in [6.45, 7) is 1.95. The van der Waals surface area contributed by atoms with Crippen molar-refractivity contribution in [3.05, 3.63) is 70.0 Å². The number of amides is 1. The summed E-state index contributed by atoms with van der Waals surface area (Å²) in [6.07, 6.45) is 2.17. The summed E-state index contributed by atoms with van der Waals surface area (Å²) in [5.41, 5.74) is 2.50. The molecule has 1 aliphatic heterocycles. The molecule has 4 rings (SSSR count). The Kier molecular flexibility index (Phi) is 6.09. The maximum atomic E-state index is 13.3. The normalized spacial score (nSPS) is 14.5. The highest BCUT2D eigenvalue weighted by Gasteiger charge is 2.45. The van der Waals surface area contributed by atoms with E-state index in [1.54, 1.807) is 33.8 Å². The number of hydrogen-bond donors (Lipinski definition) is 1. The molecule has 1 aliphatic rings. The summed E-state index contributed by atoms with van der Waals surface area (Å²) in [6, 6.07) is 14.1. The number of carbonyl (C=O) groups is 2. The number of ether oxygens (including phenoxy) is 1. The van der Waals surface area contributed by atoms with Crippen LogP contribution in [0.2, 0.25) is 0 Å². The molecule has 1 amide bonds. The van der Waals surface area contributed by atoms with Crippen molar-refractivity contribution in [3.8, 4) is 11.3 Å². The number of nitrogens with zero attached hydrogens (tertiary/aromatic N) is 3. The van der Waals surface area contributed by atoms with Crippen LogP contribution in [-0.4, -0.2) is 35.3 Å². The first-order valence-corrected chi connectivity index (χ1v) is 11.4. The second kappa shape index (κ2) is 8.96. The predicted molar refractivity (Wildman–Crippen MR) is 121 cm³/mol. The molecule has 0 bridgehead atoms. The zero-order valence-electron chi connectivity index (χ0n) is 18.0. The molecule has 1 aromatic heterocycles. The van der Waals surface area contributed by atoms with Crippen LogP contribution in [0, 0.1) is 0 Å². The number of methoxy groups -OCH3 is 1. The third-order valence-corrected chi connectivity index (χ3v) is 5.88. The van der Waals surface area contributed by atoms with Gasteiger partial charge in [-0.05, 0) is 53.8 Å². The Hall–Kier alpha value is -3.46. The Morgan fingerprint density at radius 1 is 1.19 bits per heavy atom. The van der Waals surface area contributed by atoms with Gasteiger partial charge >= 0.3 is 17.2 Å². The van der Waals surface area contributed by atoms with E-state index in [9.17, 15) is 14.4 Å². The molecule has 1 atom stereocenters. The fourth-order valence-electron chi connectivity index (χ4n) is 3.88. The maximum absolute atomic E-state index is 13.3. The third-order valence-electron chi connectivity index (χ3n) is 5.31. The van der Waals surface area contributed by atoms with E-state index in [0.717, 1.165) is 0 Å². The van der Waals surface area contributed by atoms with Crippen LogP contribution in [0.1, 0.15) is 41.9 Å². The number of aromatic nitrogens is 3. The van der Waals surface area contributed by atoms with Crippen LogP contribution in [0.25, 0.3) is 11.3 Å². The number of nitrogens with one attached hydrogen (secondary N) is 1. The summed E-state index contributed by atoms with van der Waals surface area (Å²) in [7, 11) is 1.33. The topological polar surface area (TPSA) is 96.2 Å². The second-order valence-corrected chi connectivity index (χ2v) is 8.07. The van der Waals surface area contributed by atoms with Gasteiger partial charge in [-0.15, -0.1) is 0 Å². The predicted octanol–water partition coefficient (Wildman–Crippen LogP) is 2.93. The van der Waals surface area contributed by atoms with Crippen LogP contribution < -0.4 is 15.1 Å². The number of thioether (sulfide) groups is 1. The molecule has 1 N–H and O–H groups in total. The van der Waals surface area contributed by atoms with Crippen molar-refractivity contribution < 1.29 is 19.0 Å². The largest absolute Gasteiger partial charge is 0.465 e. The van der Waals surface area contributed by atoms with Gasteiger partial charge in [0.1, 0.15) is 0 Å². The Labute approximate surface area is 189 Å². The van der Waals surface area contributed by atoms with Crippen LogP contribution in [0.4, 0.5) is 5.69 Å². The number of anilines is 1. The molecule has 2 aromatic carbocycles.